The first-order valence-electron chi connectivity index (χ1n) is 11.8. The van der Waals surface area contributed by atoms with Crippen LogP contribution in [0.25, 0.3) is 32.8 Å². The van der Waals surface area contributed by atoms with Crippen molar-refractivity contribution in [2.24, 2.45) is 0 Å². The SMILES string of the molecule is CCc1c(F)c(-c2cccc3cccc(F)c23)c(F)c2nc(C#N)nc(N3C4CCC3CNC4)c12. The van der Waals surface area contributed by atoms with Crippen LogP contribution in [0.2, 0.25) is 0 Å². The number of hydrogen-bond donors (Lipinski definition) is 1. The van der Waals surface area contributed by atoms with Crippen LogP contribution in [0.5, 0.6) is 0 Å². The minimum Gasteiger partial charge on any atom is -0.347 e. The number of benzene rings is 3. The molecular formula is C27H22F3N5. The van der Waals surface area contributed by atoms with Gasteiger partial charge in [0, 0.05) is 36.1 Å². The lowest BCUT2D eigenvalue weighted by molar-refractivity contribution is 0.482. The third-order valence-electron chi connectivity index (χ3n) is 7.30. The van der Waals surface area contributed by atoms with Gasteiger partial charge in [-0.25, -0.2) is 23.1 Å². The number of nitrogens with one attached hydrogen (secondary N) is 1. The molecule has 4 aromatic rings. The molecule has 2 bridgehead atoms. The fraction of sp³-hybridized carbons (Fsp3) is 0.296. The summed E-state index contributed by atoms with van der Waals surface area (Å²) in [6.45, 7) is 3.27. The lowest BCUT2D eigenvalue weighted by Crippen LogP contribution is -2.52. The van der Waals surface area contributed by atoms with Gasteiger partial charge in [-0.1, -0.05) is 37.3 Å². The Kier molecular flexibility index (Phi) is 5.11. The zero-order valence-electron chi connectivity index (χ0n) is 19.1. The molecule has 0 amide bonds. The number of nitriles is 1. The molecule has 1 N–H and O–H groups in total. The van der Waals surface area contributed by atoms with E-state index in [2.05, 4.69) is 20.2 Å². The summed E-state index contributed by atoms with van der Waals surface area (Å²) in [5.41, 5.74) is -0.0526. The van der Waals surface area contributed by atoms with Crippen molar-refractivity contribution in [3.63, 3.8) is 0 Å². The molecule has 0 radical (unpaired) electrons. The Morgan fingerprint density at radius 3 is 2.40 bits per heavy atom. The fourth-order valence-electron chi connectivity index (χ4n) is 5.79. The second kappa shape index (κ2) is 8.21. The second-order valence-electron chi connectivity index (χ2n) is 9.14. The maximum atomic E-state index is 16.3. The molecule has 1 aromatic heterocycles. The van der Waals surface area contributed by atoms with Gasteiger partial charge < -0.3 is 10.2 Å². The zero-order chi connectivity index (χ0) is 24.3. The molecule has 2 fully saturated rings. The maximum Gasteiger partial charge on any atom is 0.234 e. The lowest BCUT2D eigenvalue weighted by atomic mass is 9.92. The summed E-state index contributed by atoms with van der Waals surface area (Å²) in [5, 5.41) is 14.0. The molecule has 2 aliphatic rings. The largest absolute Gasteiger partial charge is 0.347 e. The van der Waals surface area contributed by atoms with Crippen LogP contribution in [0.4, 0.5) is 19.0 Å². The summed E-state index contributed by atoms with van der Waals surface area (Å²) in [6.07, 6.45) is 2.13. The van der Waals surface area contributed by atoms with E-state index in [1.807, 2.05) is 6.07 Å². The van der Waals surface area contributed by atoms with E-state index < -0.39 is 17.5 Å². The van der Waals surface area contributed by atoms with Crippen molar-refractivity contribution in [2.75, 3.05) is 18.0 Å². The smallest absolute Gasteiger partial charge is 0.234 e. The minimum absolute atomic E-state index is 0.105. The predicted octanol–water partition coefficient (Wildman–Crippen LogP) is 5.24. The average molecular weight is 474 g/mol. The van der Waals surface area contributed by atoms with E-state index in [9.17, 15) is 9.65 Å². The van der Waals surface area contributed by atoms with Crippen molar-refractivity contribution in [2.45, 2.75) is 38.3 Å². The van der Waals surface area contributed by atoms with Crippen LogP contribution in [0.3, 0.4) is 0 Å². The van der Waals surface area contributed by atoms with Crippen molar-refractivity contribution in [3.05, 3.63) is 65.2 Å². The Morgan fingerprint density at radius 2 is 1.71 bits per heavy atom. The van der Waals surface area contributed by atoms with Crippen LogP contribution in [0, 0.1) is 28.8 Å². The van der Waals surface area contributed by atoms with Gasteiger partial charge >= 0.3 is 0 Å². The Hall–Kier alpha value is -3.70. The van der Waals surface area contributed by atoms with Crippen LogP contribution in [-0.4, -0.2) is 35.1 Å². The van der Waals surface area contributed by atoms with E-state index in [4.69, 9.17) is 0 Å². The van der Waals surface area contributed by atoms with E-state index >= 15 is 8.78 Å². The molecule has 3 heterocycles. The quantitative estimate of drug-likeness (QED) is 0.441. The van der Waals surface area contributed by atoms with Crippen molar-refractivity contribution in [3.8, 4) is 17.2 Å². The zero-order valence-corrected chi connectivity index (χ0v) is 19.1. The summed E-state index contributed by atoms with van der Waals surface area (Å²) < 4.78 is 47.4. The van der Waals surface area contributed by atoms with Crippen molar-refractivity contribution < 1.29 is 13.2 Å². The van der Waals surface area contributed by atoms with Crippen LogP contribution in [0.15, 0.2) is 36.4 Å². The molecular weight excluding hydrogens is 451 g/mol. The summed E-state index contributed by atoms with van der Waals surface area (Å²) >= 11 is 0. The van der Waals surface area contributed by atoms with Gasteiger partial charge in [-0.15, -0.1) is 0 Å². The van der Waals surface area contributed by atoms with Crippen molar-refractivity contribution >= 4 is 27.5 Å². The topological polar surface area (TPSA) is 64.8 Å². The maximum absolute atomic E-state index is 16.3. The number of rotatable bonds is 3. The molecule has 8 heteroatoms. The molecule has 2 atom stereocenters. The molecule has 0 aliphatic carbocycles. The molecule has 5 nitrogen and oxygen atoms in total. The molecule has 3 aromatic carbocycles. The van der Waals surface area contributed by atoms with Crippen LogP contribution < -0.4 is 10.2 Å². The molecule has 2 unspecified atom stereocenters. The Morgan fingerprint density at radius 1 is 1.00 bits per heavy atom. The third kappa shape index (κ3) is 3.18. The highest BCUT2D eigenvalue weighted by atomic mass is 19.1. The van der Waals surface area contributed by atoms with Gasteiger partial charge in [0.1, 0.15) is 29.0 Å². The molecule has 0 spiro atoms. The van der Waals surface area contributed by atoms with Gasteiger partial charge in [0.25, 0.3) is 0 Å². The molecule has 0 saturated carbocycles. The number of anilines is 1. The number of aryl methyl sites for hydroxylation is 1. The highest BCUT2D eigenvalue weighted by Crippen LogP contribution is 2.43. The van der Waals surface area contributed by atoms with Crippen LogP contribution in [0.1, 0.15) is 31.2 Å². The standard InChI is InChI=1S/C27H22F3N5/c1-2-17-23-26(33-20(11-31)34-27(23)35-15-9-10-16(35)13-32-12-15)25(30)22(24(17)29)18-7-3-5-14-6-4-8-19(28)21(14)18/h3-8,15-16,32H,2,9-10,12-13H2,1H3. The first kappa shape index (κ1) is 21.8. The lowest BCUT2D eigenvalue weighted by Gasteiger charge is -2.37. The van der Waals surface area contributed by atoms with E-state index in [1.54, 1.807) is 31.2 Å². The molecule has 176 valence electrons. The number of fused-ring (bicyclic) bond motifs is 4. The average Bonchev–Trinajstić information content (AvgIpc) is 3.11. The minimum atomic E-state index is -0.909. The summed E-state index contributed by atoms with van der Waals surface area (Å²) in [5.74, 6) is -1.98. The van der Waals surface area contributed by atoms with E-state index in [-0.39, 0.29) is 51.9 Å². The number of nitrogens with zero attached hydrogens (tertiary/aromatic N) is 4. The summed E-state index contributed by atoms with van der Waals surface area (Å²) in [4.78, 5) is 10.8. The van der Waals surface area contributed by atoms with Crippen LogP contribution in [-0.2, 0) is 6.42 Å². The Bertz CT molecular complexity index is 1520. The summed E-state index contributed by atoms with van der Waals surface area (Å²) in [6, 6.07) is 11.6. The van der Waals surface area contributed by atoms with Gasteiger partial charge in [-0.05, 0) is 36.3 Å². The molecule has 35 heavy (non-hydrogen) atoms. The third-order valence-corrected chi connectivity index (χ3v) is 7.30. The highest BCUT2D eigenvalue weighted by molar-refractivity contribution is 6.02. The normalized spacial score (nSPS) is 19.5. The second-order valence-corrected chi connectivity index (χ2v) is 9.14. The van der Waals surface area contributed by atoms with Gasteiger partial charge in [0.2, 0.25) is 5.82 Å². The van der Waals surface area contributed by atoms with E-state index in [1.165, 1.54) is 12.1 Å². The monoisotopic (exact) mass is 473 g/mol. The van der Waals surface area contributed by atoms with Gasteiger partial charge in [-0.3, -0.25) is 0 Å². The van der Waals surface area contributed by atoms with Crippen molar-refractivity contribution in [1.29, 1.82) is 5.26 Å². The molecule has 6 rings (SSSR count). The number of halogens is 3. The number of piperazine rings is 1. The van der Waals surface area contributed by atoms with E-state index in [0.29, 0.717) is 16.6 Å². The van der Waals surface area contributed by atoms with Gasteiger partial charge in [0.15, 0.2) is 5.82 Å². The van der Waals surface area contributed by atoms with Gasteiger partial charge in [-0.2, -0.15) is 5.26 Å². The molecule has 2 aliphatic heterocycles. The Balaban J connectivity index is 1.72. The van der Waals surface area contributed by atoms with Crippen LogP contribution >= 0.6 is 0 Å². The van der Waals surface area contributed by atoms with Crippen molar-refractivity contribution in [1.82, 2.24) is 15.3 Å². The van der Waals surface area contributed by atoms with Gasteiger partial charge in [0.05, 0.1) is 10.9 Å². The highest BCUT2D eigenvalue weighted by Gasteiger charge is 2.39. The number of aromatic nitrogens is 2. The molecule has 2 saturated heterocycles. The van der Waals surface area contributed by atoms with E-state index in [0.717, 1.165) is 25.9 Å². The fourth-order valence-corrected chi connectivity index (χ4v) is 5.79. The first-order valence-corrected chi connectivity index (χ1v) is 11.8. The predicted molar refractivity (Wildman–Crippen MR) is 129 cm³/mol. The number of hydrogen-bond acceptors (Lipinski definition) is 5. The first-order chi connectivity index (χ1) is 17.0. The summed E-state index contributed by atoms with van der Waals surface area (Å²) in [7, 11) is 0. The Labute approximate surface area is 200 Å².